The van der Waals surface area contributed by atoms with E-state index in [0.717, 1.165) is 22.1 Å². The minimum absolute atomic E-state index is 0.0361. The molecule has 2 amide bonds. The van der Waals surface area contributed by atoms with E-state index >= 15 is 0 Å². The van der Waals surface area contributed by atoms with Gasteiger partial charge in [0.1, 0.15) is 11.3 Å². The minimum Gasteiger partial charge on any atom is -0.493 e. The van der Waals surface area contributed by atoms with Crippen LogP contribution in [-0.2, 0) is 14.3 Å². The molecule has 0 spiro atoms. The van der Waals surface area contributed by atoms with E-state index in [4.69, 9.17) is 21.7 Å². The summed E-state index contributed by atoms with van der Waals surface area (Å²) in [6.45, 7) is 3.07. The quantitative estimate of drug-likeness (QED) is 0.471. The Morgan fingerprint density at radius 3 is 2.59 bits per heavy atom. The fourth-order valence-electron chi connectivity index (χ4n) is 2.94. The molecule has 1 N–H and O–H groups in total. The van der Waals surface area contributed by atoms with Crippen LogP contribution in [0.3, 0.4) is 0 Å². The number of nitrogens with zero attached hydrogens (tertiary/aromatic N) is 1. The topological polar surface area (TPSA) is 67.9 Å². The van der Waals surface area contributed by atoms with Gasteiger partial charge in [-0.2, -0.15) is 0 Å². The lowest BCUT2D eigenvalue weighted by Gasteiger charge is -2.28. The first-order valence-corrected chi connectivity index (χ1v) is 9.00. The molecule has 0 unspecified atom stereocenters. The van der Waals surface area contributed by atoms with Crippen LogP contribution in [0.2, 0.25) is 0 Å². The molecule has 0 aliphatic carbocycles. The van der Waals surface area contributed by atoms with Crippen LogP contribution in [0.1, 0.15) is 12.5 Å². The van der Waals surface area contributed by atoms with E-state index in [0.29, 0.717) is 13.2 Å². The summed E-state index contributed by atoms with van der Waals surface area (Å²) >= 11 is 5.11. The maximum absolute atomic E-state index is 12.8. The lowest BCUT2D eigenvalue weighted by Crippen LogP contribution is -2.54. The van der Waals surface area contributed by atoms with Gasteiger partial charge in [-0.3, -0.25) is 19.8 Å². The number of hydrogen-bond acceptors (Lipinski definition) is 5. The normalized spacial score (nSPS) is 16.1. The predicted octanol–water partition coefficient (Wildman–Crippen LogP) is 2.51. The molecule has 0 radical (unpaired) electrons. The summed E-state index contributed by atoms with van der Waals surface area (Å²) in [7, 11) is 1.54. The summed E-state index contributed by atoms with van der Waals surface area (Å²) < 4.78 is 10.7. The summed E-state index contributed by atoms with van der Waals surface area (Å²) in [6, 6.07) is 11.4. The Balaban J connectivity index is 2.05. The molecule has 27 heavy (non-hydrogen) atoms. The van der Waals surface area contributed by atoms with E-state index in [1.54, 1.807) is 13.2 Å². The highest BCUT2D eigenvalue weighted by molar-refractivity contribution is 7.80. The number of hydrogen-bond donors (Lipinski definition) is 1. The molecule has 7 heteroatoms. The van der Waals surface area contributed by atoms with Crippen molar-refractivity contribution in [2.24, 2.45) is 0 Å². The van der Waals surface area contributed by atoms with E-state index in [1.807, 2.05) is 43.3 Å². The van der Waals surface area contributed by atoms with Gasteiger partial charge in [0.05, 0.1) is 19.8 Å². The summed E-state index contributed by atoms with van der Waals surface area (Å²) in [4.78, 5) is 26.5. The lowest BCUT2D eigenvalue weighted by molar-refractivity contribution is -0.129. The Kier molecular flexibility index (Phi) is 5.83. The van der Waals surface area contributed by atoms with Gasteiger partial charge in [-0.15, -0.1) is 0 Å². The van der Waals surface area contributed by atoms with E-state index in [9.17, 15) is 9.59 Å². The molecule has 1 fully saturated rings. The third-order valence-electron chi connectivity index (χ3n) is 4.22. The van der Waals surface area contributed by atoms with Crippen LogP contribution >= 0.6 is 12.2 Å². The van der Waals surface area contributed by atoms with Crippen LogP contribution in [0.25, 0.3) is 16.8 Å². The number of thiocarbonyl (C=S) groups is 1. The van der Waals surface area contributed by atoms with Crippen LogP contribution in [-0.4, -0.2) is 48.7 Å². The van der Waals surface area contributed by atoms with Crippen LogP contribution < -0.4 is 10.1 Å². The Bertz CT molecular complexity index is 939. The first kappa shape index (κ1) is 19.0. The van der Waals surface area contributed by atoms with E-state index in [-0.39, 0.29) is 17.2 Å². The van der Waals surface area contributed by atoms with Crippen LogP contribution in [0.15, 0.2) is 42.0 Å². The first-order chi connectivity index (χ1) is 13.1. The zero-order chi connectivity index (χ0) is 19.4. The highest BCUT2D eigenvalue weighted by Gasteiger charge is 2.33. The van der Waals surface area contributed by atoms with Gasteiger partial charge in [0, 0.05) is 12.5 Å². The number of ether oxygens (including phenoxy) is 2. The van der Waals surface area contributed by atoms with Gasteiger partial charge in [0.15, 0.2) is 5.11 Å². The van der Waals surface area contributed by atoms with Crippen molar-refractivity contribution in [1.82, 2.24) is 10.2 Å². The number of carbonyl (C=O) groups is 2. The molecular formula is C20H20N2O4S. The third kappa shape index (κ3) is 3.84. The van der Waals surface area contributed by atoms with Gasteiger partial charge >= 0.3 is 0 Å². The maximum Gasteiger partial charge on any atom is 0.265 e. The van der Waals surface area contributed by atoms with Crippen molar-refractivity contribution in [3.63, 3.8) is 0 Å². The standard InChI is InChI=1S/C20H20N2O4S/c1-3-26-17-9-8-13(14-6-4-5-7-15(14)17)12-16-18(23)21-20(27)22(19(16)24)10-11-25-2/h4-9,12H,3,10-11H2,1-2H3,(H,21,23,27). The van der Waals surface area contributed by atoms with Crippen LogP contribution in [0, 0.1) is 0 Å². The Labute approximate surface area is 162 Å². The monoisotopic (exact) mass is 384 g/mol. The molecule has 1 saturated heterocycles. The molecule has 2 aromatic rings. The largest absolute Gasteiger partial charge is 0.493 e. The van der Waals surface area contributed by atoms with E-state index in [1.165, 1.54) is 4.90 Å². The molecule has 1 heterocycles. The van der Waals surface area contributed by atoms with Crippen molar-refractivity contribution in [3.05, 3.63) is 47.5 Å². The number of carbonyl (C=O) groups excluding carboxylic acids is 2. The molecule has 0 atom stereocenters. The molecule has 6 nitrogen and oxygen atoms in total. The second-order valence-corrected chi connectivity index (χ2v) is 6.29. The summed E-state index contributed by atoms with van der Waals surface area (Å²) in [5, 5.41) is 4.48. The SMILES string of the molecule is CCOc1ccc(C=C2C(=O)NC(=S)N(CCOC)C2=O)c2ccccc12. The molecule has 0 bridgehead atoms. The van der Waals surface area contributed by atoms with Gasteiger partial charge in [-0.25, -0.2) is 0 Å². The van der Waals surface area contributed by atoms with Crippen molar-refractivity contribution >= 4 is 46.0 Å². The average molecular weight is 384 g/mol. The molecule has 140 valence electrons. The fourth-order valence-corrected chi connectivity index (χ4v) is 3.20. The summed E-state index contributed by atoms with van der Waals surface area (Å²) in [6.07, 6.45) is 1.59. The molecule has 1 aliphatic heterocycles. The Hall–Kier alpha value is -2.77. The maximum atomic E-state index is 12.8. The number of nitrogens with one attached hydrogen (secondary N) is 1. The van der Waals surface area contributed by atoms with Crippen molar-refractivity contribution in [2.45, 2.75) is 6.92 Å². The highest BCUT2D eigenvalue weighted by Crippen LogP contribution is 2.30. The van der Waals surface area contributed by atoms with Crippen molar-refractivity contribution in [2.75, 3.05) is 26.9 Å². The van der Waals surface area contributed by atoms with Gasteiger partial charge < -0.3 is 9.47 Å². The molecule has 0 saturated carbocycles. The summed E-state index contributed by atoms with van der Waals surface area (Å²) in [5.74, 6) is -0.173. The zero-order valence-corrected chi connectivity index (χ0v) is 16.0. The molecule has 2 aromatic carbocycles. The Morgan fingerprint density at radius 2 is 1.89 bits per heavy atom. The number of fused-ring (bicyclic) bond motifs is 1. The lowest BCUT2D eigenvalue weighted by atomic mass is 10.00. The van der Waals surface area contributed by atoms with Gasteiger partial charge in [-0.1, -0.05) is 30.3 Å². The van der Waals surface area contributed by atoms with E-state index < -0.39 is 11.8 Å². The zero-order valence-electron chi connectivity index (χ0n) is 15.2. The number of amides is 2. The van der Waals surface area contributed by atoms with Crippen molar-refractivity contribution in [3.8, 4) is 5.75 Å². The first-order valence-electron chi connectivity index (χ1n) is 8.59. The number of methoxy groups -OCH3 is 1. The van der Waals surface area contributed by atoms with Gasteiger partial charge in [0.25, 0.3) is 11.8 Å². The van der Waals surface area contributed by atoms with E-state index in [2.05, 4.69) is 5.32 Å². The molecular weight excluding hydrogens is 364 g/mol. The minimum atomic E-state index is -0.503. The smallest absolute Gasteiger partial charge is 0.265 e. The van der Waals surface area contributed by atoms with Crippen molar-refractivity contribution in [1.29, 1.82) is 0 Å². The second-order valence-electron chi connectivity index (χ2n) is 5.90. The predicted molar refractivity (Wildman–Crippen MR) is 107 cm³/mol. The van der Waals surface area contributed by atoms with Gasteiger partial charge in [0.2, 0.25) is 0 Å². The fraction of sp³-hybridized carbons (Fsp3) is 0.250. The average Bonchev–Trinajstić information content (AvgIpc) is 2.66. The van der Waals surface area contributed by atoms with Crippen LogP contribution in [0.5, 0.6) is 5.75 Å². The Morgan fingerprint density at radius 1 is 1.15 bits per heavy atom. The third-order valence-corrected chi connectivity index (χ3v) is 4.54. The van der Waals surface area contributed by atoms with Crippen molar-refractivity contribution < 1.29 is 19.1 Å². The highest BCUT2D eigenvalue weighted by atomic mass is 32.1. The summed E-state index contributed by atoms with van der Waals surface area (Å²) in [5.41, 5.74) is 0.793. The molecule has 3 rings (SSSR count). The second kappa shape index (κ2) is 8.28. The number of rotatable bonds is 6. The molecule has 1 aliphatic rings. The van der Waals surface area contributed by atoms with Crippen LogP contribution in [0.4, 0.5) is 0 Å². The molecule has 0 aromatic heterocycles. The number of benzene rings is 2. The van der Waals surface area contributed by atoms with Gasteiger partial charge in [-0.05, 0) is 42.2 Å².